The van der Waals surface area contributed by atoms with Gasteiger partial charge in [0.05, 0.1) is 19.5 Å². The second kappa shape index (κ2) is 11.9. The Balaban J connectivity index is 1.70. The van der Waals surface area contributed by atoms with Crippen LogP contribution in [0.1, 0.15) is 32.4 Å². The topological polar surface area (TPSA) is 62.0 Å². The highest BCUT2D eigenvalue weighted by atomic mass is 16.5. The van der Waals surface area contributed by atoms with Crippen LogP contribution < -0.4 is 10.6 Å². The van der Waals surface area contributed by atoms with Gasteiger partial charge in [-0.2, -0.15) is 0 Å². The van der Waals surface area contributed by atoms with Gasteiger partial charge in [-0.25, -0.2) is 0 Å². The molecular formula is C19H34N4O2. The highest BCUT2D eigenvalue weighted by molar-refractivity contribution is 5.79. The summed E-state index contributed by atoms with van der Waals surface area (Å²) in [7, 11) is 0. The first kappa shape index (κ1) is 19.8. The van der Waals surface area contributed by atoms with Crippen LogP contribution in [-0.2, 0) is 11.2 Å². The molecule has 1 aromatic heterocycles. The van der Waals surface area contributed by atoms with Gasteiger partial charge in [0.1, 0.15) is 5.76 Å². The number of guanidine groups is 1. The minimum absolute atomic E-state index is 0.736. The Labute approximate surface area is 152 Å². The number of ether oxygens (including phenoxy) is 1. The Morgan fingerprint density at radius 2 is 2.04 bits per heavy atom. The maximum Gasteiger partial charge on any atom is 0.191 e. The summed E-state index contributed by atoms with van der Waals surface area (Å²) in [5.41, 5.74) is 0. The maximum absolute atomic E-state index is 5.39. The Kier molecular flexibility index (Phi) is 9.44. The summed E-state index contributed by atoms with van der Waals surface area (Å²) in [5.74, 6) is 2.64. The fourth-order valence-corrected chi connectivity index (χ4v) is 2.78. The van der Waals surface area contributed by atoms with Crippen LogP contribution in [0.3, 0.4) is 0 Å². The number of hydrogen-bond donors (Lipinski definition) is 2. The normalized spacial score (nSPS) is 16.4. The fourth-order valence-electron chi connectivity index (χ4n) is 2.78. The van der Waals surface area contributed by atoms with Crippen molar-refractivity contribution in [2.24, 2.45) is 10.9 Å². The van der Waals surface area contributed by atoms with E-state index in [4.69, 9.17) is 14.1 Å². The molecule has 1 saturated heterocycles. The van der Waals surface area contributed by atoms with Gasteiger partial charge in [0, 0.05) is 45.7 Å². The van der Waals surface area contributed by atoms with Gasteiger partial charge in [0.2, 0.25) is 0 Å². The van der Waals surface area contributed by atoms with Crippen LogP contribution in [0.25, 0.3) is 0 Å². The Morgan fingerprint density at radius 1 is 1.24 bits per heavy atom. The molecule has 0 aliphatic carbocycles. The third kappa shape index (κ3) is 8.93. The first-order valence-corrected chi connectivity index (χ1v) is 9.58. The smallest absolute Gasteiger partial charge is 0.191 e. The summed E-state index contributed by atoms with van der Waals surface area (Å²) in [4.78, 5) is 7.14. The number of nitrogens with one attached hydrogen (secondary N) is 2. The van der Waals surface area contributed by atoms with Crippen LogP contribution in [0.5, 0.6) is 0 Å². The number of nitrogens with zero attached hydrogens (tertiary/aromatic N) is 2. The van der Waals surface area contributed by atoms with Crippen LogP contribution >= 0.6 is 0 Å². The molecule has 0 radical (unpaired) electrons. The van der Waals surface area contributed by atoms with E-state index in [1.807, 2.05) is 12.1 Å². The lowest BCUT2D eigenvalue weighted by Gasteiger charge is -2.26. The van der Waals surface area contributed by atoms with Gasteiger partial charge in [0.15, 0.2) is 5.96 Å². The van der Waals surface area contributed by atoms with Crippen LogP contribution in [0.2, 0.25) is 0 Å². The van der Waals surface area contributed by atoms with Gasteiger partial charge in [-0.3, -0.25) is 9.89 Å². The molecule has 0 saturated carbocycles. The van der Waals surface area contributed by atoms with E-state index < -0.39 is 0 Å². The molecule has 2 heterocycles. The minimum atomic E-state index is 0.736. The van der Waals surface area contributed by atoms with Crippen molar-refractivity contribution in [2.45, 2.75) is 33.1 Å². The third-order valence-corrected chi connectivity index (χ3v) is 4.28. The van der Waals surface area contributed by atoms with Crippen molar-refractivity contribution >= 4 is 5.96 Å². The molecule has 1 aromatic rings. The standard InChI is InChI=1S/C19H34N4O2/c1-17(2)5-3-8-20-19(21-9-7-18-6-4-14-25-18)22-10-11-23-12-15-24-16-13-23/h4,6,14,17H,3,5,7-13,15-16H2,1-2H3,(H2,20,21,22). The molecular weight excluding hydrogens is 316 g/mol. The molecule has 0 aromatic carbocycles. The van der Waals surface area contributed by atoms with E-state index in [1.54, 1.807) is 6.26 Å². The van der Waals surface area contributed by atoms with Crippen molar-refractivity contribution in [3.63, 3.8) is 0 Å². The van der Waals surface area contributed by atoms with Gasteiger partial charge >= 0.3 is 0 Å². The third-order valence-electron chi connectivity index (χ3n) is 4.28. The molecule has 0 amide bonds. The number of morpholine rings is 1. The predicted molar refractivity (Wildman–Crippen MR) is 102 cm³/mol. The molecule has 0 atom stereocenters. The van der Waals surface area contributed by atoms with Gasteiger partial charge in [0.25, 0.3) is 0 Å². The highest BCUT2D eigenvalue weighted by Crippen LogP contribution is 2.03. The first-order chi connectivity index (χ1) is 12.2. The predicted octanol–water partition coefficient (Wildman–Crippen LogP) is 2.13. The van der Waals surface area contributed by atoms with Gasteiger partial charge < -0.3 is 19.8 Å². The maximum atomic E-state index is 5.39. The Bertz CT molecular complexity index is 468. The quantitative estimate of drug-likeness (QED) is 0.384. The molecule has 0 unspecified atom stereocenters. The van der Waals surface area contributed by atoms with Crippen molar-refractivity contribution in [1.29, 1.82) is 0 Å². The monoisotopic (exact) mass is 350 g/mol. The van der Waals surface area contributed by atoms with E-state index in [0.717, 1.165) is 83.0 Å². The van der Waals surface area contributed by atoms with E-state index in [-0.39, 0.29) is 0 Å². The lowest BCUT2D eigenvalue weighted by Crippen LogP contribution is -2.44. The van der Waals surface area contributed by atoms with Gasteiger partial charge in [-0.05, 0) is 30.9 Å². The second-order valence-electron chi connectivity index (χ2n) is 6.90. The zero-order chi connectivity index (χ0) is 17.7. The van der Waals surface area contributed by atoms with E-state index in [1.165, 1.54) is 6.42 Å². The molecule has 1 aliphatic rings. The largest absolute Gasteiger partial charge is 0.469 e. The van der Waals surface area contributed by atoms with E-state index in [0.29, 0.717) is 0 Å². The number of rotatable bonds is 10. The summed E-state index contributed by atoms with van der Waals surface area (Å²) in [6, 6.07) is 3.93. The average molecular weight is 351 g/mol. The van der Waals surface area contributed by atoms with Crippen molar-refractivity contribution in [1.82, 2.24) is 15.5 Å². The minimum Gasteiger partial charge on any atom is -0.469 e. The molecule has 0 spiro atoms. The fraction of sp³-hybridized carbons (Fsp3) is 0.737. The molecule has 1 aliphatic heterocycles. The van der Waals surface area contributed by atoms with Crippen molar-refractivity contribution in [3.05, 3.63) is 24.2 Å². The summed E-state index contributed by atoms with van der Waals surface area (Å²) < 4.78 is 10.8. The molecule has 1 fully saturated rings. The van der Waals surface area contributed by atoms with Crippen molar-refractivity contribution < 1.29 is 9.15 Å². The Hall–Kier alpha value is -1.53. The molecule has 25 heavy (non-hydrogen) atoms. The molecule has 2 rings (SSSR count). The molecule has 6 heteroatoms. The molecule has 2 N–H and O–H groups in total. The average Bonchev–Trinajstić information content (AvgIpc) is 3.12. The SMILES string of the molecule is CC(C)CCCN=C(NCCc1ccco1)NCCN1CCOCC1. The van der Waals surface area contributed by atoms with Crippen molar-refractivity contribution in [3.8, 4) is 0 Å². The van der Waals surface area contributed by atoms with Crippen LogP contribution in [0.4, 0.5) is 0 Å². The lowest BCUT2D eigenvalue weighted by molar-refractivity contribution is 0.0389. The first-order valence-electron chi connectivity index (χ1n) is 9.58. The highest BCUT2D eigenvalue weighted by Gasteiger charge is 2.09. The van der Waals surface area contributed by atoms with E-state index >= 15 is 0 Å². The van der Waals surface area contributed by atoms with Crippen molar-refractivity contribution in [2.75, 3.05) is 52.5 Å². The van der Waals surface area contributed by atoms with Gasteiger partial charge in [-0.1, -0.05) is 13.8 Å². The summed E-state index contributed by atoms with van der Waals surface area (Å²) >= 11 is 0. The summed E-state index contributed by atoms with van der Waals surface area (Å²) in [5, 5.41) is 6.88. The number of hydrogen-bond acceptors (Lipinski definition) is 4. The van der Waals surface area contributed by atoms with Crippen LogP contribution in [0.15, 0.2) is 27.8 Å². The van der Waals surface area contributed by atoms with E-state index in [2.05, 4.69) is 29.4 Å². The molecule has 6 nitrogen and oxygen atoms in total. The molecule has 0 bridgehead atoms. The zero-order valence-electron chi connectivity index (χ0n) is 15.8. The Morgan fingerprint density at radius 3 is 2.76 bits per heavy atom. The number of aliphatic imine (C=N–C) groups is 1. The lowest BCUT2D eigenvalue weighted by atomic mass is 10.1. The second-order valence-corrected chi connectivity index (χ2v) is 6.90. The van der Waals surface area contributed by atoms with Gasteiger partial charge in [-0.15, -0.1) is 0 Å². The van der Waals surface area contributed by atoms with Crippen LogP contribution in [0, 0.1) is 5.92 Å². The summed E-state index contributed by atoms with van der Waals surface area (Å²) in [6.07, 6.45) is 4.93. The summed E-state index contributed by atoms with van der Waals surface area (Å²) in [6.45, 7) is 11.9. The van der Waals surface area contributed by atoms with E-state index in [9.17, 15) is 0 Å². The number of furan rings is 1. The zero-order valence-corrected chi connectivity index (χ0v) is 15.8. The molecule has 142 valence electrons. The van der Waals surface area contributed by atoms with Crippen LogP contribution in [-0.4, -0.2) is 63.3 Å².